The Balaban J connectivity index is 2.09. The van der Waals surface area contributed by atoms with Gasteiger partial charge in [0, 0.05) is 23.9 Å². The molecule has 1 aromatic carbocycles. The second-order valence-electron chi connectivity index (χ2n) is 5.24. The molecule has 1 unspecified atom stereocenters. The first-order valence-corrected chi connectivity index (χ1v) is 6.72. The number of nitro benzene ring substituents is 1. The van der Waals surface area contributed by atoms with Crippen molar-refractivity contribution in [3.05, 3.63) is 45.5 Å². The van der Waals surface area contributed by atoms with Crippen LogP contribution in [0.1, 0.15) is 30.4 Å². The van der Waals surface area contributed by atoms with E-state index in [4.69, 9.17) is 0 Å². The number of benzene rings is 1. The maximum Gasteiger partial charge on any atom is 0.274 e. The fourth-order valence-corrected chi connectivity index (χ4v) is 2.52. The number of nitro groups is 1. The van der Waals surface area contributed by atoms with Crippen molar-refractivity contribution < 1.29 is 4.92 Å². The summed E-state index contributed by atoms with van der Waals surface area (Å²) in [5, 5.41) is 14.3. The number of nitrogens with one attached hydrogen (secondary N) is 1. The second kappa shape index (κ2) is 5.87. The molecule has 0 aliphatic heterocycles. The summed E-state index contributed by atoms with van der Waals surface area (Å²) in [6.45, 7) is 4.64. The van der Waals surface area contributed by atoms with Crippen LogP contribution in [0, 0.1) is 29.9 Å². The first-order chi connectivity index (χ1) is 9.08. The fraction of sp³-hybridized carbons (Fsp3) is 0.467. The minimum absolute atomic E-state index is 0.191. The lowest BCUT2D eigenvalue weighted by atomic mass is 9.94. The Morgan fingerprint density at radius 2 is 2.11 bits per heavy atom. The summed E-state index contributed by atoms with van der Waals surface area (Å²) in [7, 11) is 0. The van der Waals surface area contributed by atoms with E-state index >= 15 is 0 Å². The van der Waals surface area contributed by atoms with Gasteiger partial charge in [0.1, 0.15) is 0 Å². The SMILES string of the molecule is Cc1cc(C)c([N+](=O)[O-])cc1NCC1CC=CCC1. The molecular formula is C15H20N2O2. The van der Waals surface area contributed by atoms with E-state index < -0.39 is 0 Å². The molecule has 4 nitrogen and oxygen atoms in total. The Morgan fingerprint density at radius 1 is 1.32 bits per heavy atom. The summed E-state index contributed by atoms with van der Waals surface area (Å²) in [5.41, 5.74) is 2.85. The molecule has 0 fully saturated rings. The fourth-order valence-electron chi connectivity index (χ4n) is 2.52. The predicted molar refractivity (Wildman–Crippen MR) is 77.5 cm³/mol. The highest BCUT2D eigenvalue weighted by Crippen LogP contribution is 2.27. The normalized spacial score (nSPS) is 18.3. The van der Waals surface area contributed by atoms with Crippen LogP contribution in [0.3, 0.4) is 0 Å². The number of nitrogens with zero attached hydrogens (tertiary/aromatic N) is 1. The largest absolute Gasteiger partial charge is 0.384 e. The van der Waals surface area contributed by atoms with Crippen LogP contribution in [0.4, 0.5) is 11.4 Å². The van der Waals surface area contributed by atoms with Gasteiger partial charge in [-0.3, -0.25) is 10.1 Å². The van der Waals surface area contributed by atoms with Gasteiger partial charge in [0.25, 0.3) is 5.69 Å². The van der Waals surface area contributed by atoms with E-state index in [9.17, 15) is 10.1 Å². The van der Waals surface area contributed by atoms with Crippen molar-refractivity contribution in [2.45, 2.75) is 33.1 Å². The highest BCUT2D eigenvalue weighted by atomic mass is 16.6. The van der Waals surface area contributed by atoms with Gasteiger partial charge in [0.05, 0.1) is 4.92 Å². The molecule has 1 aromatic rings. The Morgan fingerprint density at radius 3 is 2.74 bits per heavy atom. The van der Waals surface area contributed by atoms with E-state index in [1.54, 1.807) is 13.0 Å². The zero-order valence-electron chi connectivity index (χ0n) is 11.5. The highest BCUT2D eigenvalue weighted by molar-refractivity contribution is 5.60. The molecule has 19 heavy (non-hydrogen) atoms. The summed E-state index contributed by atoms with van der Waals surface area (Å²) in [6.07, 6.45) is 7.87. The van der Waals surface area contributed by atoms with Gasteiger partial charge in [-0.1, -0.05) is 12.2 Å². The van der Waals surface area contributed by atoms with Crippen LogP contribution in [0.2, 0.25) is 0 Å². The van der Waals surface area contributed by atoms with E-state index in [1.165, 1.54) is 6.42 Å². The van der Waals surface area contributed by atoms with E-state index in [1.807, 2.05) is 13.0 Å². The average Bonchev–Trinajstić information content (AvgIpc) is 2.38. The Bertz CT molecular complexity index is 509. The number of allylic oxidation sites excluding steroid dienone is 2. The van der Waals surface area contributed by atoms with Crippen LogP contribution < -0.4 is 5.32 Å². The van der Waals surface area contributed by atoms with Crippen molar-refractivity contribution >= 4 is 11.4 Å². The van der Waals surface area contributed by atoms with Crippen molar-refractivity contribution in [3.63, 3.8) is 0 Å². The first-order valence-electron chi connectivity index (χ1n) is 6.72. The molecule has 0 saturated carbocycles. The van der Waals surface area contributed by atoms with Crippen LogP contribution in [-0.2, 0) is 0 Å². The summed E-state index contributed by atoms with van der Waals surface area (Å²) in [4.78, 5) is 10.6. The molecule has 4 heteroatoms. The quantitative estimate of drug-likeness (QED) is 0.506. The molecule has 1 aliphatic rings. The lowest BCUT2D eigenvalue weighted by Crippen LogP contribution is -2.16. The van der Waals surface area contributed by atoms with Crippen LogP contribution >= 0.6 is 0 Å². The summed E-state index contributed by atoms with van der Waals surface area (Å²) in [5.74, 6) is 0.629. The van der Waals surface area contributed by atoms with Gasteiger partial charge in [-0.05, 0) is 50.7 Å². The number of anilines is 1. The number of hydrogen-bond acceptors (Lipinski definition) is 3. The third kappa shape index (κ3) is 3.34. The third-order valence-corrected chi connectivity index (χ3v) is 3.70. The molecule has 0 spiro atoms. The maximum absolute atomic E-state index is 11.0. The van der Waals surface area contributed by atoms with E-state index in [2.05, 4.69) is 17.5 Å². The predicted octanol–water partition coefficient (Wildman–Crippen LogP) is 3.98. The van der Waals surface area contributed by atoms with Crippen molar-refractivity contribution in [1.82, 2.24) is 0 Å². The van der Waals surface area contributed by atoms with E-state index in [-0.39, 0.29) is 10.6 Å². The lowest BCUT2D eigenvalue weighted by Gasteiger charge is -2.19. The topological polar surface area (TPSA) is 55.2 Å². The Labute approximate surface area is 113 Å². The number of hydrogen-bond donors (Lipinski definition) is 1. The van der Waals surface area contributed by atoms with Gasteiger partial charge in [-0.15, -0.1) is 0 Å². The molecule has 1 aliphatic carbocycles. The molecule has 1 atom stereocenters. The van der Waals surface area contributed by atoms with Crippen LogP contribution in [0.15, 0.2) is 24.3 Å². The molecule has 0 heterocycles. The molecule has 0 amide bonds. The van der Waals surface area contributed by atoms with Crippen LogP contribution in [0.5, 0.6) is 0 Å². The minimum Gasteiger partial charge on any atom is -0.384 e. The molecule has 0 saturated heterocycles. The van der Waals surface area contributed by atoms with Crippen molar-refractivity contribution in [1.29, 1.82) is 0 Å². The Hall–Kier alpha value is -1.84. The average molecular weight is 260 g/mol. The van der Waals surface area contributed by atoms with Crippen LogP contribution in [0.25, 0.3) is 0 Å². The molecule has 0 bridgehead atoms. The van der Waals surface area contributed by atoms with Gasteiger partial charge in [0.2, 0.25) is 0 Å². The molecule has 102 valence electrons. The standard InChI is InChI=1S/C15H20N2O2/c1-11-8-12(2)15(17(18)19)9-14(11)16-10-13-6-4-3-5-7-13/h3-4,8-9,13,16H,5-7,10H2,1-2H3. The van der Waals surface area contributed by atoms with Gasteiger partial charge in [-0.2, -0.15) is 0 Å². The summed E-state index contributed by atoms with van der Waals surface area (Å²) in [6, 6.07) is 3.53. The monoisotopic (exact) mass is 260 g/mol. The van der Waals surface area contributed by atoms with Gasteiger partial charge in [-0.25, -0.2) is 0 Å². The van der Waals surface area contributed by atoms with Crippen molar-refractivity contribution in [2.24, 2.45) is 5.92 Å². The van der Waals surface area contributed by atoms with Gasteiger partial charge in [0.15, 0.2) is 0 Å². The van der Waals surface area contributed by atoms with E-state index in [0.717, 1.165) is 30.6 Å². The molecule has 1 N–H and O–H groups in total. The van der Waals surface area contributed by atoms with Crippen molar-refractivity contribution in [2.75, 3.05) is 11.9 Å². The number of aryl methyl sites for hydroxylation is 2. The summed E-state index contributed by atoms with van der Waals surface area (Å²) < 4.78 is 0. The lowest BCUT2D eigenvalue weighted by molar-refractivity contribution is -0.385. The molecule has 0 radical (unpaired) electrons. The zero-order chi connectivity index (χ0) is 13.8. The minimum atomic E-state index is -0.316. The zero-order valence-corrected chi connectivity index (χ0v) is 11.5. The van der Waals surface area contributed by atoms with E-state index in [0.29, 0.717) is 11.5 Å². The maximum atomic E-state index is 11.0. The second-order valence-corrected chi connectivity index (χ2v) is 5.24. The molecular weight excluding hydrogens is 240 g/mol. The first kappa shape index (κ1) is 13.6. The van der Waals surface area contributed by atoms with Gasteiger partial charge >= 0.3 is 0 Å². The van der Waals surface area contributed by atoms with Crippen molar-refractivity contribution in [3.8, 4) is 0 Å². The molecule has 0 aromatic heterocycles. The third-order valence-electron chi connectivity index (χ3n) is 3.70. The summed E-state index contributed by atoms with van der Waals surface area (Å²) >= 11 is 0. The van der Waals surface area contributed by atoms with Gasteiger partial charge < -0.3 is 5.32 Å². The smallest absolute Gasteiger partial charge is 0.274 e. The highest BCUT2D eigenvalue weighted by Gasteiger charge is 2.15. The number of rotatable bonds is 4. The molecule has 2 rings (SSSR count). The van der Waals surface area contributed by atoms with Crippen LogP contribution in [-0.4, -0.2) is 11.5 Å². The Kier molecular flexibility index (Phi) is 4.20.